The normalized spacial score (nSPS) is 19.7. The van der Waals surface area contributed by atoms with Crippen LogP contribution in [0.4, 0.5) is 0 Å². The summed E-state index contributed by atoms with van der Waals surface area (Å²) in [6.45, 7) is 2.31. The third-order valence-corrected chi connectivity index (χ3v) is 8.22. The summed E-state index contributed by atoms with van der Waals surface area (Å²) in [7, 11) is 3.51. The molecule has 5 rings (SSSR count). The van der Waals surface area contributed by atoms with E-state index in [2.05, 4.69) is 25.5 Å². The lowest BCUT2D eigenvalue weighted by molar-refractivity contribution is -0.136. The van der Waals surface area contributed by atoms with Gasteiger partial charge < -0.3 is 25.2 Å². The molecule has 0 saturated carbocycles. The molecule has 38 heavy (non-hydrogen) atoms. The summed E-state index contributed by atoms with van der Waals surface area (Å²) in [4.78, 5) is 52.8. The van der Waals surface area contributed by atoms with Gasteiger partial charge in [-0.3, -0.25) is 19.4 Å². The van der Waals surface area contributed by atoms with Crippen molar-refractivity contribution in [3.05, 3.63) is 56.8 Å². The average molecular weight is 557 g/mol. The molecule has 2 N–H and O–H groups in total. The molecular formula is C26H29ClN6O4S. The number of hydrogen-bond acceptors (Lipinski definition) is 8. The van der Waals surface area contributed by atoms with Crippen molar-refractivity contribution in [2.24, 2.45) is 0 Å². The Hall–Kier alpha value is -3.12. The van der Waals surface area contributed by atoms with Crippen LogP contribution in [0.2, 0.25) is 5.02 Å². The molecule has 10 nitrogen and oxygen atoms in total. The summed E-state index contributed by atoms with van der Waals surface area (Å²) >= 11 is 7.45. The molecule has 2 aliphatic rings. The Balaban J connectivity index is 1.33. The molecule has 2 aliphatic heterocycles. The van der Waals surface area contributed by atoms with Gasteiger partial charge in [0.2, 0.25) is 5.91 Å². The molecule has 0 radical (unpaired) electrons. The second-order valence-corrected chi connectivity index (χ2v) is 11.2. The Kier molecular flexibility index (Phi) is 7.89. The van der Waals surface area contributed by atoms with Gasteiger partial charge in [0, 0.05) is 61.2 Å². The van der Waals surface area contributed by atoms with Gasteiger partial charge in [-0.1, -0.05) is 17.7 Å². The summed E-state index contributed by atoms with van der Waals surface area (Å²) < 4.78 is 5.01. The van der Waals surface area contributed by atoms with Crippen molar-refractivity contribution in [1.82, 2.24) is 30.4 Å². The Morgan fingerprint density at radius 2 is 1.95 bits per heavy atom. The van der Waals surface area contributed by atoms with Crippen LogP contribution in [0.5, 0.6) is 0 Å². The highest BCUT2D eigenvalue weighted by molar-refractivity contribution is 7.13. The number of carbonyl (C=O) groups is 3. The predicted octanol–water partition coefficient (Wildman–Crippen LogP) is 2.11. The second kappa shape index (κ2) is 11.3. The number of nitrogens with zero attached hydrogens (tertiary/aromatic N) is 4. The van der Waals surface area contributed by atoms with Crippen LogP contribution < -0.4 is 10.6 Å². The monoisotopic (exact) mass is 556 g/mol. The zero-order valence-electron chi connectivity index (χ0n) is 21.2. The maximum absolute atomic E-state index is 13.2. The lowest BCUT2D eigenvalue weighted by atomic mass is 9.98. The smallest absolute Gasteiger partial charge is 0.280 e. The first-order chi connectivity index (χ1) is 18.3. The van der Waals surface area contributed by atoms with Crippen LogP contribution in [0.25, 0.3) is 10.8 Å². The number of thiazole rings is 1. The number of amides is 3. The van der Waals surface area contributed by atoms with E-state index in [1.165, 1.54) is 18.4 Å². The molecule has 0 spiro atoms. The number of hydrogen-bond donors (Lipinski definition) is 2. The number of ether oxygens (including phenoxy) is 1. The fourth-order valence-electron chi connectivity index (χ4n) is 4.84. The van der Waals surface area contributed by atoms with Crippen molar-refractivity contribution in [2.45, 2.75) is 31.5 Å². The number of pyridine rings is 1. The Labute approximate surface area is 229 Å². The van der Waals surface area contributed by atoms with Gasteiger partial charge in [-0.25, -0.2) is 4.98 Å². The minimum Gasteiger partial charge on any atom is -0.375 e. The molecule has 0 aliphatic carbocycles. The molecule has 2 atom stereocenters. The zero-order chi connectivity index (χ0) is 26.8. The number of nitrogens with one attached hydrogen (secondary N) is 2. The van der Waals surface area contributed by atoms with E-state index in [9.17, 15) is 14.4 Å². The number of aromatic nitrogens is 2. The first kappa shape index (κ1) is 26.5. The Morgan fingerprint density at radius 1 is 1.13 bits per heavy atom. The summed E-state index contributed by atoms with van der Waals surface area (Å²) in [5.41, 5.74) is 1.23. The third kappa shape index (κ3) is 5.80. The molecule has 3 aromatic rings. The molecule has 4 heterocycles. The van der Waals surface area contributed by atoms with E-state index in [1.807, 2.05) is 13.1 Å². The summed E-state index contributed by atoms with van der Waals surface area (Å²) in [5, 5.41) is 8.73. The molecule has 0 bridgehead atoms. The highest BCUT2D eigenvalue weighted by Gasteiger charge is 2.35. The minimum atomic E-state index is -0.510. The van der Waals surface area contributed by atoms with E-state index < -0.39 is 12.1 Å². The van der Waals surface area contributed by atoms with Crippen LogP contribution in [-0.2, 0) is 22.5 Å². The number of likely N-dealkylation sites (N-methyl/N-ethyl adjacent to an activating group) is 1. The van der Waals surface area contributed by atoms with Gasteiger partial charge in [-0.05, 0) is 37.1 Å². The molecule has 12 heteroatoms. The van der Waals surface area contributed by atoms with E-state index >= 15 is 0 Å². The van der Waals surface area contributed by atoms with Crippen LogP contribution >= 0.6 is 22.9 Å². The second-order valence-electron chi connectivity index (χ2n) is 9.66. The number of carbonyl (C=O) groups excluding carboxylic acids is 3. The number of halogens is 1. The van der Waals surface area contributed by atoms with Crippen LogP contribution in [0.3, 0.4) is 0 Å². The van der Waals surface area contributed by atoms with Crippen LogP contribution in [0.15, 0.2) is 30.5 Å². The highest BCUT2D eigenvalue weighted by atomic mass is 35.5. The average Bonchev–Trinajstić information content (AvgIpc) is 3.33. The lowest BCUT2D eigenvalue weighted by Gasteiger charge is -2.39. The van der Waals surface area contributed by atoms with Crippen molar-refractivity contribution in [3.63, 3.8) is 0 Å². The Morgan fingerprint density at radius 3 is 2.76 bits per heavy atom. The number of methoxy groups -OCH3 is 1. The van der Waals surface area contributed by atoms with Crippen LogP contribution in [0, 0.1) is 0 Å². The largest absolute Gasteiger partial charge is 0.375 e. The standard InChI is InChI=1S/C26H29ClN6O4S/c1-32-7-5-19-22(13-32)38-26(31-19)25(36)30-21-12-33(23(34)14-37-2)8-6-18(21)29-24(35)20-10-15-3-4-17(27)9-16(15)11-28-20/h3-4,9-11,18,21H,5-8,12-14H2,1-2H3,(H,29,35)(H,30,36)/t18-,21+/m0/s1. The molecule has 0 unspecified atom stereocenters. The predicted molar refractivity (Wildman–Crippen MR) is 144 cm³/mol. The van der Waals surface area contributed by atoms with E-state index in [-0.39, 0.29) is 36.6 Å². The van der Waals surface area contributed by atoms with Crippen LogP contribution in [-0.4, -0.2) is 90.0 Å². The van der Waals surface area contributed by atoms with Crippen molar-refractivity contribution in [3.8, 4) is 0 Å². The maximum Gasteiger partial charge on any atom is 0.280 e. The quantitative estimate of drug-likeness (QED) is 0.477. The van der Waals surface area contributed by atoms with Gasteiger partial charge in [0.25, 0.3) is 11.8 Å². The third-order valence-electron chi connectivity index (χ3n) is 6.90. The van der Waals surface area contributed by atoms with Gasteiger partial charge in [0.05, 0.1) is 17.8 Å². The topological polar surface area (TPSA) is 117 Å². The molecule has 3 amide bonds. The summed E-state index contributed by atoms with van der Waals surface area (Å²) in [6, 6.07) is 6.19. The van der Waals surface area contributed by atoms with Crippen molar-refractivity contribution < 1.29 is 19.1 Å². The molecule has 2 aromatic heterocycles. The number of piperidine rings is 1. The van der Waals surface area contributed by atoms with Crippen molar-refractivity contribution >= 4 is 51.4 Å². The van der Waals surface area contributed by atoms with E-state index in [0.29, 0.717) is 23.0 Å². The van der Waals surface area contributed by atoms with Gasteiger partial charge in [0.15, 0.2) is 5.01 Å². The molecule has 1 fully saturated rings. The van der Waals surface area contributed by atoms with Crippen molar-refractivity contribution in [2.75, 3.05) is 40.4 Å². The maximum atomic E-state index is 13.2. The number of likely N-dealkylation sites (tertiary alicyclic amines) is 1. The molecule has 1 saturated heterocycles. The van der Waals surface area contributed by atoms with Crippen molar-refractivity contribution in [1.29, 1.82) is 0 Å². The highest BCUT2D eigenvalue weighted by Crippen LogP contribution is 2.25. The fourth-order valence-corrected chi connectivity index (χ4v) is 6.11. The van der Waals surface area contributed by atoms with Gasteiger partial charge in [-0.2, -0.15) is 0 Å². The number of fused-ring (bicyclic) bond motifs is 2. The summed E-state index contributed by atoms with van der Waals surface area (Å²) in [6.07, 6.45) is 2.89. The zero-order valence-corrected chi connectivity index (χ0v) is 22.8. The fraction of sp³-hybridized carbons (Fsp3) is 0.423. The molecular weight excluding hydrogens is 528 g/mol. The first-order valence-corrected chi connectivity index (χ1v) is 13.6. The SMILES string of the molecule is COCC(=O)N1CC[C@H](NC(=O)c2cc3ccc(Cl)cc3cn2)[C@H](NC(=O)c2nc3c(s2)CN(C)CC3)C1. The number of rotatable bonds is 6. The first-order valence-electron chi connectivity index (χ1n) is 12.4. The van der Waals surface area contributed by atoms with E-state index in [1.54, 1.807) is 29.3 Å². The number of benzene rings is 1. The molecule has 200 valence electrons. The lowest BCUT2D eigenvalue weighted by Crippen LogP contribution is -2.61. The molecule has 1 aromatic carbocycles. The van der Waals surface area contributed by atoms with E-state index in [0.717, 1.165) is 40.9 Å². The van der Waals surface area contributed by atoms with Gasteiger partial charge in [-0.15, -0.1) is 11.3 Å². The van der Waals surface area contributed by atoms with E-state index in [4.69, 9.17) is 16.3 Å². The minimum absolute atomic E-state index is 0.0462. The Bertz CT molecular complexity index is 1380. The van der Waals surface area contributed by atoms with Gasteiger partial charge in [0.1, 0.15) is 12.3 Å². The van der Waals surface area contributed by atoms with Crippen LogP contribution in [0.1, 0.15) is 37.3 Å². The summed E-state index contributed by atoms with van der Waals surface area (Å²) in [5.74, 6) is -0.826. The van der Waals surface area contributed by atoms with Gasteiger partial charge >= 0.3 is 0 Å².